The van der Waals surface area contributed by atoms with Crippen LogP contribution in [0.3, 0.4) is 0 Å². The molecule has 1 N–H and O–H groups in total. The lowest BCUT2D eigenvalue weighted by Gasteiger charge is -2.31. The van der Waals surface area contributed by atoms with Crippen LogP contribution in [0.5, 0.6) is 0 Å². The van der Waals surface area contributed by atoms with Gasteiger partial charge in [-0.3, -0.25) is 0 Å². The molecular formula is C14H23N3. The predicted molar refractivity (Wildman–Crippen MR) is 72.5 cm³/mol. The van der Waals surface area contributed by atoms with Crippen molar-refractivity contribution in [2.75, 3.05) is 18.0 Å². The average molecular weight is 233 g/mol. The number of hydrogen-bond acceptors (Lipinski definition) is 3. The van der Waals surface area contributed by atoms with Gasteiger partial charge in [0, 0.05) is 24.8 Å². The summed E-state index contributed by atoms with van der Waals surface area (Å²) in [5.41, 5.74) is 1.26. The fraction of sp³-hybridized carbons (Fsp3) is 0.643. The molecule has 3 nitrogen and oxygen atoms in total. The van der Waals surface area contributed by atoms with Crippen LogP contribution in [-0.4, -0.2) is 30.2 Å². The molecule has 0 amide bonds. The summed E-state index contributed by atoms with van der Waals surface area (Å²) in [5.74, 6) is 1.14. The van der Waals surface area contributed by atoms with Gasteiger partial charge in [0.15, 0.2) is 0 Å². The topological polar surface area (TPSA) is 28.2 Å². The van der Waals surface area contributed by atoms with Gasteiger partial charge in [-0.05, 0) is 51.8 Å². The number of pyridine rings is 1. The first-order valence-corrected chi connectivity index (χ1v) is 6.60. The third-order valence-corrected chi connectivity index (χ3v) is 3.46. The molecule has 0 saturated carbocycles. The highest BCUT2D eigenvalue weighted by Crippen LogP contribution is 2.20. The van der Waals surface area contributed by atoms with Crippen molar-refractivity contribution in [1.82, 2.24) is 10.3 Å². The number of hydrogen-bond donors (Lipinski definition) is 1. The van der Waals surface area contributed by atoms with Crippen molar-refractivity contribution < 1.29 is 0 Å². The lowest BCUT2D eigenvalue weighted by molar-refractivity contribution is 0.548. The molecule has 3 heteroatoms. The van der Waals surface area contributed by atoms with E-state index in [1.807, 2.05) is 12.3 Å². The lowest BCUT2D eigenvalue weighted by Crippen LogP contribution is -2.42. The number of aromatic nitrogens is 1. The molecule has 2 heterocycles. The molecule has 0 aromatic carbocycles. The molecule has 1 aliphatic heterocycles. The standard InChI is InChI=1S/C14H23N3/c1-11(2)17(10-13-7-5-8-15-13)14-12(3)6-4-9-16-14/h4,6,9,11,13,15H,5,7-8,10H2,1-3H3. The average Bonchev–Trinajstić information content (AvgIpc) is 2.79. The van der Waals surface area contributed by atoms with Gasteiger partial charge in [0.1, 0.15) is 5.82 Å². The smallest absolute Gasteiger partial charge is 0.131 e. The molecule has 2 rings (SSSR count). The Hall–Kier alpha value is -1.09. The van der Waals surface area contributed by atoms with Crippen molar-refractivity contribution >= 4 is 5.82 Å². The van der Waals surface area contributed by atoms with Gasteiger partial charge in [-0.2, -0.15) is 0 Å². The van der Waals surface area contributed by atoms with Crippen molar-refractivity contribution in [2.24, 2.45) is 0 Å². The van der Waals surface area contributed by atoms with Crippen molar-refractivity contribution in [3.8, 4) is 0 Å². The fourth-order valence-electron chi connectivity index (χ4n) is 2.47. The Bertz CT molecular complexity index is 356. The number of nitrogens with zero attached hydrogens (tertiary/aromatic N) is 2. The van der Waals surface area contributed by atoms with E-state index in [1.165, 1.54) is 18.4 Å². The third-order valence-electron chi connectivity index (χ3n) is 3.46. The molecule has 1 atom stereocenters. The summed E-state index contributed by atoms with van der Waals surface area (Å²) in [6.07, 6.45) is 4.48. The Labute approximate surface area is 104 Å². The summed E-state index contributed by atoms with van der Waals surface area (Å²) in [7, 11) is 0. The van der Waals surface area contributed by atoms with E-state index in [1.54, 1.807) is 0 Å². The van der Waals surface area contributed by atoms with Crippen molar-refractivity contribution in [3.05, 3.63) is 23.9 Å². The first-order valence-electron chi connectivity index (χ1n) is 6.60. The molecule has 0 spiro atoms. The summed E-state index contributed by atoms with van der Waals surface area (Å²) in [6, 6.07) is 5.26. The quantitative estimate of drug-likeness (QED) is 0.865. The number of aryl methyl sites for hydroxylation is 1. The molecule has 0 radical (unpaired) electrons. The van der Waals surface area contributed by atoms with E-state index in [-0.39, 0.29) is 0 Å². The van der Waals surface area contributed by atoms with Crippen LogP contribution in [0.2, 0.25) is 0 Å². The minimum Gasteiger partial charge on any atom is -0.352 e. The summed E-state index contributed by atoms with van der Waals surface area (Å²) in [6.45, 7) is 8.85. The second-order valence-electron chi connectivity index (χ2n) is 5.18. The van der Waals surface area contributed by atoms with Crippen molar-refractivity contribution in [2.45, 2.75) is 45.7 Å². The third kappa shape index (κ3) is 2.97. The van der Waals surface area contributed by atoms with Gasteiger partial charge in [0.2, 0.25) is 0 Å². The minimum atomic E-state index is 0.492. The second-order valence-corrected chi connectivity index (χ2v) is 5.18. The first-order chi connectivity index (χ1) is 8.18. The molecule has 1 saturated heterocycles. The fourth-order valence-corrected chi connectivity index (χ4v) is 2.47. The van der Waals surface area contributed by atoms with Crippen LogP contribution in [0.25, 0.3) is 0 Å². The Morgan fingerprint density at radius 1 is 1.53 bits per heavy atom. The Morgan fingerprint density at radius 3 is 2.94 bits per heavy atom. The van der Waals surface area contributed by atoms with E-state index < -0.39 is 0 Å². The van der Waals surface area contributed by atoms with Gasteiger partial charge in [-0.1, -0.05) is 6.07 Å². The maximum Gasteiger partial charge on any atom is 0.131 e. The highest BCUT2D eigenvalue weighted by Gasteiger charge is 2.21. The summed E-state index contributed by atoms with van der Waals surface area (Å²) >= 11 is 0. The van der Waals surface area contributed by atoms with Gasteiger partial charge < -0.3 is 10.2 Å². The Kier molecular flexibility index (Phi) is 4.00. The van der Waals surface area contributed by atoms with Crippen molar-refractivity contribution in [3.63, 3.8) is 0 Å². The molecule has 1 unspecified atom stereocenters. The van der Waals surface area contributed by atoms with Gasteiger partial charge in [-0.15, -0.1) is 0 Å². The predicted octanol–water partition coefficient (Wildman–Crippen LogP) is 2.36. The van der Waals surface area contributed by atoms with Crippen LogP contribution in [0.15, 0.2) is 18.3 Å². The first kappa shape index (κ1) is 12.4. The van der Waals surface area contributed by atoms with Gasteiger partial charge >= 0.3 is 0 Å². The molecule has 1 aliphatic rings. The maximum atomic E-state index is 4.54. The van der Waals surface area contributed by atoms with E-state index in [0.717, 1.165) is 18.9 Å². The zero-order valence-corrected chi connectivity index (χ0v) is 11.1. The molecular weight excluding hydrogens is 210 g/mol. The SMILES string of the molecule is Cc1cccnc1N(CC1CCCN1)C(C)C. The molecule has 0 bridgehead atoms. The van der Waals surface area contributed by atoms with E-state index in [2.05, 4.69) is 42.0 Å². The van der Waals surface area contributed by atoms with Crippen molar-refractivity contribution in [1.29, 1.82) is 0 Å². The van der Waals surface area contributed by atoms with E-state index >= 15 is 0 Å². The zero-order valence-electron chi connectivity index (χ0n) is 11.1. The molecule has 17 heavy (non-hydrogen) atoms. The highest BCUT2D eigenvalue weighted by atomic mass is 15.2. The van der Waals surface area contributed by atoms with Crippen LogP contribution in [-0.2, 0) is 0 Å². The van der Waals surface area contributed by atoms with Crippen LogP contribution < -0.4 is 10.2 Å². The summed E-state index contributed by atoms with van der Waals surface area (Å²) in [5, 5.41) is 3.56. The molecule has 1 fully saturated rings. The summed E-state index contributed by atoms with van der Waals surface area (Å²) < 4.78 is 0. The van der Waals surface area contributed by atoms with Gasteiger partial charge in [0.05, 0.1) is 0 Å². The minimum absolute atomic E-state index is 0.492. The lowest BCUT2D eigenvalue weighted by atomic mass is 10.1. The molecule has 1 aromatic rings. The van der Waals surface area contributed by atoms with Crippen LogP contribution in [0.4, 0.5) is 5.82 Å². The summed E-state index contributed by atoms with van der Waals surface area (Å²) in [4.78, 5) is 6.96. The monoisotopic (exact) mass is 233 g/mol. The second kappa shape index (κ2) is 5.50. The Morgan fingerprint density at radius 2 is 2.35 bits per heavy atom. The van der Waals surface area contributed by atoms with Crippen LogP contribution in [0.1, 0.15) is 32.3 Å². The number of anilines is 1. The molecule has 94 valence electrons. The van der Waals surface area contributed by atoms with Crippen LogP contribution >= 0.6 is 0 Å². The van der Waals surface area contributed by atoms with E-state index in [9.17, 15) is 0 Å². The number of rotatable bonds is 4. The number of nitrogens with one attached hydrogen (secondary N) is 1. The maximum absolute atomic E-state index is 4.54. The van der Waals surface area contributed by atoms with Crippen LogP contribution in [0, 0.1) is 6.92 Å². The van der Waals surface area contributed by atoms with Gasteiger partial charge in [-0.25, -0.2) is 4.98 Å². The molecule has 1 aromatic heterocycles. The van der Waals surface area contributed by atoms with E-state index in [0.29, 0.717) is 12.1 Å². The molecule has 0 aliphatic carbocycles. The highest BCUT2D eigenvalue weighted by molar-refractivity contribution is 5.46. The largest absolute Gasteiger partial charge is 0.352 e. The zero-order chi connectivity index (χ0) is 12.3. The van der Waals surface area contributed by atoms with Gasteiger partial charge in [0.25, 0.3) is 0 Å². The normalized spacial score (nSPS) is 19.9. The Balaban J connectivity index is 2.14. The van der Waals surface area contributed by atoms with E-state index in [4.69, 9.17) is 0 Å².